The van der Waals surface area contributed by atoms with Crippen molar-refractivity contribution in [3.05, 3.63) is 359 Å². The van der Waals surface area contributed by atoms with Crippen LogP contribution in [0.2, 0.25) is 0 Å². The van der Waals surface area contributed by atoms with E-state index >= 15 is 0 Å². The van der Waals surface area contributed by atoms with Crippen LogP contribution in [0.3, 0.4) is 0 Å². The van der Waals surface area contributed by atoms with Gasteiger partial charge in [-0.3, -0.25) is 5.32 Å². The predicted molar refractivity (Wildman–Crippen MR) is 417 cm³/mol. The molecule has 0 radical (unpaired) electrons. The Kier molecular flexibility index (Phi) is 19.7. The molecule has 9 aromatic rings. The van der Waals surface area contributed by atoms with Gasteiger partial charge < -0.3 is 58.4 Å². The van der Waals surface area contributed by atoms with Gasteiger partial charge in [-0.15, -0.1) is 17.1 Å². The number of amides is 3. The molecule has 3 amide bonds. The number of aromatic nitrogens is 1. The third kappa shape index (κ3) is 16.6. The first-order chi connectivity index (χ1) is 49.6. The molecule has 0 spiro atoms. The number of hydrogen-bond donors (Lipinski definition) is 5. The summed E-state index contributed by atoms with van der Waals surface area (Å²) in [7, 11) is 25.7. The Morgan fingerprint density at radius 3 is 1.04 bits per heavy atom. The van der Waals surface area contributed by atoms with Crippen LogP contribution in [-0.2, 0) is 26.2 Å². The number of aliphatic imine (C=N–C) groups is 1. The topological polar surface area (TPSA) is 186 Å². The number of rotatable bonds is 20. The lowest BCUT2D eigenvalue weighted by atomic mass is 9.97. The predicted octanol–water partition coefficient (Wildman–Crippen LogP) is 10.8. The van der Waals surface area contributed by atoms with Gasteiger partial charge in [0.15, 0.2) is 0 Å². The van der Waals surface area contributed by atoms with Crippen LogP contribution in [0.25, 0.3) is 38.2 Å². The fourth-order valence-corrected chi connectivity index (χ4v) is 13.6. The quantitative estimate of drug-likeness (QED) is 0.0289. The summed E-state index contributed by atoms with van der Waals surface area (Å²) in [6, 6.07) is 65.9. The van der Waals surface area contributed by atoms with E-state index in [-0.39, 0.29) is 11.8 Å². The number of carbonyl (C=O) groups is 3. The highest BCUT2D eigenvalue weighted by Gasteiger charge is 2.35. The second-order valence-corrected chi connectivity index (χ2v) is 31.1. The van der Waals surface area contributed by atoms with Crippen molar-refractivity contribution in [2.75, 3.05) is 84.6 Å². The normalized spacial score (nSPS) is 14.7. The largest absolute Gasteiger partial charge is 0.622 e. The Bertz CT molecular complexity index is 5320. The van der Waals surface area contributed by atoms with Gasteiger partial charge >= 0.3 is 0 Å². The smallest absolute Gasteiger partial charge is 0.218 e. The van der Waals surface area contributed by atoms with Crippen molar-refractivity contribution in [1.82, 2.24) is 4.98 Å². The number of nitrogens with zero attached hydrogens (tertiary/aromatic N) is 8. The first kappa shape index (κ1) is 70.7. The minimum Gasteiger partial charge on any atom is -0.622 e. The van der Waals surface area contributed by atoms with Gasteiger partial charge in [-0.25, -0.2) is 15.0 Å². The maximum Gasteiger partial charge on any atom is 0.218 e. The van der Waals surface area contributed by atoms with E-state index in [1.54, 1.807) is 0 Å². The highest BCUT2D eigenvalue weighted by molar-refractivity contribution is 6.30. The molecule has 1 aromatic heterocycles. The molecule has 16 heteroatoms. The van der Waals surface area contributed by atoms with Crippen molar-refractivity contribution in [2.45, 2.75) is 26.2 Å². The summed E-state index contributed by atoms with van der Waals surface area (Å²) in [6.45, 7) is 3.18. The number of hydrogen-bond acceptors (Lipinski definition) is 4. The molecule has 4 aliphatic rings. The fraction of sp³-hybridized carbons (Fsp3) is 0.182. The number of aliphatic hydroxyl groups is 1. The number of fused-ring (bicyclic) bond motifs is 6. The minimum absolute atomic E-state index is 0.139. The molecule has 4 aliphatic heterocycles. The Morgan fingerprint density at radius 2 is 0.683 bits per heavy atom. The average Bonchev–Trinajstić information content (AvgIpc) is 1.61. The van der Waals surface area contributed by atoms with E-state index in [4.69, 9.17) is 20.9 Å². The zero-order valence-corrected chi connectivity index (χ0v) is 61.2. The molecule has 8 aromatic carbocycles. The maximum absolute atomic E-state index is 14.6. The summed E-state index contributed by atoms with van der Waals surface area (Å²) in [5.41, 5.74) is 18.4. The molecule has 0 fully saturated rings. The molecule has 6 N–H and O–H groups in total. The lowest BCUT2D eigenvalue weighted by Crippen LogP contribution is -2.80. The Labute approximate surface area is 609 Å². The highest BCUT2D eigenvalue weighted by atomic mass is 16.3. The summed E-state index contributed by atoms with van der Waals surface area (Å²) in [5.74, 6) is -1.31. The van der Waals surface area contributed by atoms with Gasteiger partial charge in [0.05, 0.1) is 130 Å². The number of benzene rings is 8. The molecule has 0 atom stereocenters. The van der Waals surface area contributed by atoms with Gasteiger partial charge in [0.1, 0.15) is 48.7 Å². The van der Waals surface area contributed by atoms with Crippen LogP contribution in [0.15, 0.2) is 270 Å². The molecule has 0 unspecified atom stereocenters. The van der Waals surface area contributed by atoms with Crippen molar-refractivity contribution in [1.29, 1.82) is 0 Å². The second kappa shape index (κ2) is 28.9. The number of quaternary nitrogens is 5. The van der Waals surface area contributed by atoms with Crippen molar-refractivity contribution in [3.63, 3.8) is 0 Å². The zero-order chi connectivity index (χ0) is 73.2. The Hall–Kier alpha value is -11.8. The van der Waals surface area contributed by atoms with E-state index in [0.29, 0.717) is 106 Å². The lowest BCUT2D eigenvalue weighted by molar-refractivity contribution is -0.884. The molecule has 8 bridgehead atoms. The van der Waals surface area contributed by atoms with Gasteiger partial charge in [-0.2, -0.15) is 0 Å². The molecule has 0 saturated heterocycles. The van der Waals surface area contributed by atoms with Gasteiger partial charge in [0.2, 0.25) is 28.7 Å². The monoisotopic (exact) mass is 1380 g/mol. The molecule has 522 valence electrons. The van der Waals surface area contributed by atoms with Gasteiger partial charge in [0, 0.05) is 69.8 Å². The van der Waals surface area contributed by atoms with Crippen molar-refractivity contribution in [3.8, 4) is 0 Å². The Morgan fingerprint density at radius 1 is 0.375 bits per heavy atom. The summed E-state index contributed by atoms with van der Waals surface area (Å²) in [4.78, 5) is 60.5. The molecule has 5 heterocycles. The number of nitrogens with two attached hydrogens (primary N) is 1. The van der Waals surface area contributed by atoms with Crippen LogP contribution in [0.1, 0.15) is 81.1 Å². The number of aromatic amines is 1. The summed E-state index contributed by atoms with van der Waals surface area (Å²) < 4.78 is 2.95. The van der Waals surface area contributed by atoms with Crippen LogP contribution < -0.4 is 26.0 Å². The molecule has 0 saturated carbocycles. The van der Waals surface area contributed by atoms with Crippen molar-refractivity contribution in [2.24, 2.45) is 4.99 Å². The zero-order valence-electron chi connectivity index (χ0n) is 61.2. The maximum atomic E-state index is 14.6. The SMILES string of the molecule is C[N+](C)(C)Cc1ccc(C(=O)[N-]c2ccccc2C2=C3C=CC(=[NH+]3)C(c3ccccc3[N-]C(=O)c3ccc(C[N+](C)(C)C)cc3)=c3ccc([nH]3)=C(c3ccccc3[N-]C(=O)c3ccc(C[N+](C)(C)C)cc3)C3=[NH+]C(=C(c4ccccc4N=C(O)c4ccc(C[N+](C)(C)C)cc4)C4=CC=C2[NH2+]4)C=C3)cc1. The van der Waals surface area contributed by atoms with Gasteiger partial charge in [0.25, 0.3) is 0 Å². The summed E-state index contributed by atoms with van der Waals surface area (Å²) in [6.07, 6.45) is 12.3. The van der Waals surface area contributed by atoms with E-state index in [2.05, 4.69) is 123 Å². The number of para-hydroxylation sites is 4. The molecular weight excluding hydrogens is 1290 g/mol. The highest BCUT2D eigenvalue weighted by Crippen LogP contribution is 2.40. The van der Waals surface area contributed by atoms with Crippen LogP contribution in [-0.4, -0.2) is 148 Å². The number of carbonyl (C=O) groups excluding carboxylic acids is 3. The van der Waals surface area contributed by atoms with Crippen molar-refractivity contribution >= 4 is 80.1 Å². The third-order valence-corrected chi connectivity index (χ3v) is 18.0. The lowest BCUT2D eigenvalue weighted by Gasteiger charge is -2.26. The number of nitrogens with one attached hydrogen (secondary N) is 3. The van der Waals surface area contributed by atoms with Gasteiger partial charge in [-0.05, 0) is 63.7 Å². The van der Waals surface area contributed by atoms with E-state index in [9.17, 15) is 19.5 Å². The fourth-order valence-electron chi connectivity index (χ4n) is 13.6. The first-order valence-electron chi connectivity index (χ1n) is 35.0. The van der Waals surface area contributed by atoms with E-state index in [0.717, 1.165) is 94.5 Å². The molecular formula is C88H90N12O4+4. The van der Waals surface area contributed by atoms with E-state index in [1.165, 1.54) is 0 Å². The van der Waals surface area contributed by atoms with E-state index in [1.807, 2.05) is 224 Å². The molecule has 16 nitrogen and oxygen atoms in total. The molecule has 13 rings (SSSR count). The summed E-state index contributed by atoms with van der Waals surface area (Å²) in [5, 5.41) is 30.3. The first-order valence-corrected chi connectivity index (χ1v) is 35.0. The number of aliphatic hydroxyl groups excluding tert-OH is 1. The van der Waals surface area contributed by atoms with Crippen LogP contribution in [0.5, 0.6) is 0 Å². The average molecular weight is 1380 g/mol. The summed E-state index contributed by atoms with van der Waals surface area (Å²) >= 11 is 0. The van der Waals surface area contributed by atoms with Crippen LogP contribution in [0.4, 0.5) is 22.7 Å². The van der Waals surface area contributed by atoms with Crippen LogP contribution in [0, 0.1) is 0 Å². The number of allylic oxidation sites excluding steroid dienone is 8. The van der Waals surface area contributed by atoms with E-state index < -0.39 is 11.8 Å². The van der Waals surface area contributed by atoms with Gasteiger partial charge in [-0.1, -0.05) is 176 Å². The standard InChI is InChI=1S/C88H86N12O4/c1-97(2,3)53-57-29-37-61(38-30-57)85(101)93-69-25-17-13-21-65(69)81-73-45-47-75(89-73)82(66-22-14-18-26-70(66)94-86(102)62-39-31-58(32-40-62)54-98(4,5)6)77-49-51-79(91-77)84(68-24-16-20-28-72(68)96-88(104)64-43-35-60(36-44-64)56-100(10,11)12)80-52-50-78(92-80)83(76-48-46-74(81)90-76)67-23-15-19-27-71(67)95-87(103)63-41-33-59(34-42-63)55-99(7,8)9/h13-52H,53-56H2,1-12H3,(H2-4,89,90,91,92,93,94,95,96,101,102,103,104)/p+4. The molecule has 104 heavy (non-hydrogen) atoms. The minimum atomic E-state index is -0.392. The van der Waals surface area contributed by atoms with Crippen molar-refractivity contribution < 1.29 is 52.7 Å². The third-order valence-electron chi connectivity index (χ3n) is 18.0. The van der Waals surface area contributed by atoms with Crippen LogP contribution >= 0.6 is 0 Å². The number of H-pyrrole nitrogens is 1. The Balaban J connectivity index is 1.03. The molecule has 0 aliphatic carbocycles. The second-order valence-electron chi connectivity index (χ2n) is 31.1.